The van der Waals surface area contributed by atoms with Gasteiger partial charge in [0, 0.05) is 13.1 Å². The molecule has 1 aliphatic heterocycles. The molecule has 15 heavy (non-hydrogen) atoms. The zero-order chi connectivity index (χ0) is 11.3. The molecule has 88 valence electrons. The molecule has 0 atom stereocenters. The minimum absolute atomic E-state index is 0.409. The van der Waals surface area contributed by atoms with Crippen molar-refractivity contribution in [1.82, 2.24) is 15.5 Å². The molecule has 1 fully saturated rings. The van der Waals surface area contributed by atoms with Gasteiger partial charge in [0.05, 0.1) is 0 Å². The SMILES string of the molecule is CCNC(=S)NCC1(C)CCN(C)CC1. The van der Waals surface area contributed by atoms with Crippen LogP contribution in [0.25, 0.3) is 0 Å². The van der Waals surface area contributed by atoms with Crippen molar-refractivity contribution in [2.45, 2.75) is 26.7 Å². The van der Waals surface area contributed by atoms with E-state index in [-0.39, 0.29) is 0 Å². The average molecular weight is 229 g/mol. The van der Waals surface area contributed by atoms with Crippen LogP contribution in [-0.2, 0) is 0 Å². The van der Waals surface area contributed by atoms with Crippen LogP contribution in [0.15, 0.2) is 0 Å². The van der Waals surface area contributed by atoms with Gasteiger partial charge in [-0.25, -0.2) is 0 Å². The maximum absolute atomic E-state index is 5.16. The second kappa shape index (κ2) is 5.66. The molecular weight excluding hydrogens is 206 g/mol. The highest BCUT2D eigenvalue weighted by Gasteiger charge is 2.28. The predicted molar refractivity (Wildman–Crippen MR) is 69.1 cm³/mol. The van der Waals surface area contributed by atoms with Crippen LogP contribution < -0.4 is 10.6 Å². The maximum atomic E-state index is 5.16. The molecule has 1 aliphatic rings. The molecule has 0 aromatic heterocycles. The first-order chi connectivity index (χ1) is 7.06. The molecule has 0 aliphatic carbocycles. The summed E-state index contributed by atoms with van der Waals surface area (Å²) in [4.78, 5) is 2.39. The van der Waals surface area contributed by atoms with Gasteiger partial charge in [0.1, 0.15) is 0 Å². The fourth-order valence-corrected chi connectivity index (χ4v) is 2.07. The van der Waals surface area contributed by atoms with Gasteiger partial charge in [-0.3, -0.25) is 0 Å². The molecule has 0 unspecified atom stereocenters. The largest absolute Gasteiger partial charge is 0.363 e. The molecule has 1 rings (SSSR count). The topological polar surface area (TPSA) is 27.3 Å². The third-order valence-electron chi connectivity index (χ3n) is 3.21. The van der Waals surface area contributed by atoms with Gasteiger partial charge in [-0.15, -0.1) is 0 Å². The fourth-order valence-electron chi connectivity index (χ4n) is 1.85. The van der Waals surface area contributed by atoms with Gasteiger partial charge >= 0.3 is 0 Å². The molecule has 0 aromatic rings. The third-order valence-corrected chi connectivity index (χ3v) is 3.50. The molecule has 0 saturated carbocycles. The van der Waals surface area contributed by atoms with E-state index in [1.165, 1.54) is 25.9 Å². The summed E-state index contributed by atoms with van der Waals surface area (Å²) in [6.45, 7) is 8.70. The summed E-state index contributed by atoms with van der Waals surface area (Å²) in [5.41, 5.74) is 0.409. The average Bonchev–Trinajstić information content (AvgIpc) is 2.21. The fraction of sp³-hybridized carbons (Fsp3) is 0.909. The first kappa shape index (κ1) is 12.7. The summed E-state index contributed by atoms with van der Waals surface area (Å²) in [6.07, 6.45) is 2.51. The lowest BCUT2D eigenvalue weighted by atomic mass is 9.80. The van der Waals surface area contributed by atoms with Crippen molar-refractivity contribution in [3.63, 3.8) is 0 Å². The lowest BCUT2D eigenvalue weighted by Gasteiger charge is -2.38. The highest BCUT2D eigenvalue weighted by atomic mass is 32.1. The molecule has 1 saturated heterocycles. The molecule has 4 heteroatoms. The van der Waals surface area contributed by atoms with E-state index in [2.05, 4.69) is 36.4 Å². The number of rotatable bonds is 3. The van der Waals surface area contributed by atoms with Gasteiger partial charge in [0.15, 0.2) is 5.11 Å². The van der Waals surface area contributed by atoms with E-state index < -0.39 is 0 Å². The van der Waals surface area contributed by atoms with Crippen molar-refractivity contribution in [3.05, 3.63) is 0 Å². The molecule has 0 aromatic carbocycles. The van der Waals surface area contributed by atoms with E-state index in [1.807, 2.05) is 0 Å². The normalized spacial score (nSPS) is 21.0. The summed E-state index contributed by atoms with van der Waals surface area (Å²) in [7, 11) is 2.19. The molecule has 0 radical (unpaired) electrons. The van der Waals surface area contributed by atoms with Gasteiger partial charge in [-0.05, 0) is 57.5 Å². The summed E-state index contributed by atoms with van der Waals surface area (Å²) in [6, 6.07) is 0. The Balaban J connectivity index is 2.27. The highest BCUT2D eigenvalue weighted by molar-refractivity contribution is 7.80. The minimum atomic E-state index is 0.409. The molecule has 3 nitrogen and oxygen atoms in total. The quantitative estimate of drug-likeness (QED) is 0.711. The Morgan fingerprint density at radius 1 is 1.33 bits per heavy atom. The molecule has 0 spiro atoms. The van der Waals surface area contributed by atoms with Crippen molar-refractivity contribution >= 4 is 17.3 Å². The Kier molecular flexibility index (Phi) is 4.80. The van der Waals surface area contributed by atoms with Crippen molar-refractivity contribution in [1.29, 1.82) is 0 Å². The van der Waals surface area contributed by atoms with Crippen LogP contribution in [0.5, 0.6) is 0 Å². The summed E-state index contributed by atoms with van der Waals surface area (Å²) < 4.78 is 0. The minimum Gasteiger partial charge on any atom is -0.363 e. The predicted octanol–water partition coefficient (Wildman–Crippen LogP) is 1.20. The monoisotopic (exact) mass is 229 g/mol. The van der Waals surface area contributed by atoms with Crippen LogP contribution >= 0.6 is 12.2 Å². The van der Waals surface area contributed by atoms with Crippen molar-refractivity contribution < 1.29 is 0 Å². The number of hydrogen-bond donors (Lipinski definition) is 2. The Hall–Kier alpha value is -0.350. The summed E-state index contributed by atoms with van der Waals surface area (Å²) >= 11 is 5.16. The maximum Gasteiger partial charge on any atom is 0.166 e. The second-order valence-electron chi connectivity index (χ2n) is 4.83. The van der Waals surface area contributed by atoms with Crippen LogP contribution in [0.1, 0.15) is 26.7 Å². The van der Waals surface area contributed by atoms with E-state index in [9.17, 15) is 0 Å². The number of nitrogens with zero attached hydrogens (tertiary/aromatic N) is 1. The zero-order valence-electron chi connectivity index (χ0n) is 10.1. The van der Waals surface area contributed by atoms with E-state index in [0.717, 1.165) is 18.2 Å². The summed E-state index contributed by atoms with van der Waals surface area (Å²) in [5, 5.41) is 7.22. The number of hydrogen-bond acceptors (Lipinski definition) is 2. The number of likely N-dealkylation sites (tertiary alicyclic amines) is 1. The van der Waals surface area contributed by atoms with Crippen molar-refractivity contribution in [3.8, 4) is 0 Å². The molecular formula is C11H23N3S. The van der Waals surface area contributed by atoms with Gasteiger partial charge in [-0.1, -0.05) is 6.92 Å². The van der Waals surface area contributed by atoms with E-state index in [0.29, 0.717) is 5.41 Å². The van der Waals surface area contributed by atoms with E-state index in [4.69, 9.17) is 12.2 Å². The lowest BCUT2D eigenvalue weighted by molar-refractivity contribution is 0.142. The zero-order valence-corrected chi connectivity index (χ0v) is 10.9. The molecule has 2 N–H and O–H groups in total. The Bertz CT molecular complexity index is 210. The van der Waals surface area contributed by atoms with Crippen LogP contribution in [0.4, 0.5) is 0 Å². The Morgan fingerprint density at radius 2 is 1.93 bits per heavy atom. The van der Waals surface area contributed by atoms with Crippen LogP contribution in [0.2, 0.25) is 0 Å². The summed E-state index contributed by atoms with van der Waals surface area (Å²) in [5.74, 6) is 0. The Labute approximate surface area is 98.6 Å². The van der Waals surface area contributed by atoms with Crippen LogP contribution in [0, 0.1) is 5.41 Å². The third kappa shape index (κ3) is 4.34. The lowest BCUT2D eigenvalue weighted by Crippen LogP contribution is -2.45. The van der Waals surface area contributed by atoms with Crippen LogP contribution in [0.3, 0.4) is 0 Å². The van der Waals surface area contributed by atoms with E-state index in [1.54, 1.807) is 0 Å². The van der Waals surface area contributed by atoms with E-state index >= 15 is 0 Å². The van der Waals surface area contributed by atoms with Crippen LogP contribution in [-0.4, -0.2) is 43.2 Å². The molecule has 1 heterocycles. The number of nitrogens with one attached hydrogen (secondary N) is 2. The Morgan fingerprint density at radius 3 is 2.47 bits per heavy atom. The standard InChI is InChI=1S/C11H23N3S/c1-4-12-10(15)13-9-11(2)5-7-14(3)8-6-11/h4-9H2,1-3H3,(H2,12,13,15). The van der Waals surface area contributed by atoms with Gasteiger partial charge in [-0.2, -0.15) is 0 Å². The first-order valence-electron chi connectivity index (χ1n) is 5.76. The van der Waals surface area contributed by atoms with Gasteiger partial charge in [0.25, 0.3) is 0 Å². The van der Waals surface area contributed by atoms with Crippen molar-refractivity contribution in [2.75, 3.05) is 33.2 Å². The second-order valence-corrected chi connectivity index (χ2v) is 5.24. The smallest absolute Gasteiger partial charge is 0.166 e. The van der Waals surface area contributed by atoms with Gasteiger partial charge < -0.3 is 15.5 Å². The number of thiocarbonyl (C=S) groups is 1. The van der Waals surface area contributed by atoms with Gasteiger partial charge in [0.2, 0.25) is 0 Å². The highest BCUT2D eigenvalue weighted by Crippen LogP contribution is 2.29. The first-order valence-corrected chi connectivity index (χ1v) is 6.17. The molecule has 0 amide bonds. The van der Waals surface area contributed by atoms with Crippen molar-refractivity contribution in [2.24, 2.45) is 5.41 Å². The number of piperidine rings is 1. The molecule has 0 bridgehead atoms.